The molecule has 0 spiro atoms. The Balaban J connectivity index is 2.12. The second kappa shape index (κ2) is 6.71. The first-order valence-corrected chi connectivity index (χ1v) is 7.20. The smallest absolute Gasteiger partial charge is 0.311 e. The third kappa shape index (κ3) is 4.04. The van der Waals surface area contributed by atoms with Crippen molar-refractivity contribution in [3.63, 3.8) is 0 Å². The monoisotopic (exact) mass is 295 g/mol. The molecule has 7 nitrogen and oxygen atoms in total. The maximum absolute atomic E-state index is 11.0. The molecular weight excluding hydrogens is 274 g/mol. The summed E-state index contributed by atoms with van der Waals surface area (Å²) < 4.78 is 4.99. The highest BCUT2D eigenvalue weighted by atomic mass is 16.6. The molecule has 7 heteroatoms. The van der Waals surface area contributed by atoms with Gasteiger partial charge in [-0.1, -0.05) is 25.7 Å². The van der Waals surface area contributed by atoms with Gasteiger partial charge in [0.25, 0.3) is 0 Å². The highest BCUT2D eigenvalue weighted by Crippen LogP contribution is 2.29. The van der Waals surface area contributed by atoms with Gasteiger partial charge in [0.2, 0.25) is 11.7 Å². The van der Waals surface area contributed by atoms with Gasteiger partial charge < -0.3 is 15.2 Å². The fourth-order valence-electron chi connectivity index (χ4n) is 2.64. The molecule has 1 heterocycles. The summed E-state index contributed by atoms with van der Waals surface area (Å²) in [5, 5.41) is 24.5. The number of pyridine rings is 1. The van der Waals surface area contributed by atoms with Crippen molar-refractivity contribution in [3.8, 4) is 5.88 Å². The number of ether oxygens (including phenoxy) is 1. The Morgan fingerprint density at radius 2 is 2.05 bits per heavy atom. The zero-order valence-corrected chi connectivity index (χ0v) is 12.2. The maximum atomic E-state index is 11.0. The van der Waals surface area contributed by atoms with Gasteiger partial charge in [-0.2, -0.15) is 4.98 Å². The Hall–Kier alpha value is -1.89. The van der Waals surface area contributed by atoms with Gasteiger partial charge in [0.15, 0.2) is 0 Å². The summed E-state index contributed by atoms with van der Waals surface area (Å²) in [6.45, 7) is 0.258. The van der Waals surface area contributed by atoms with Gasteiger partial charge in [0, 0.05) is 18.7 Å². The van der Waals surface area contributed by atoms with Crippen molar-refractivity contribution >= 4 is 11.5 Å². The van der Waals surface area contributed by atoms with E-state index in [1.165, 1.54) is 19.2 Å². The molecule has 0 aliphatic heterocycles. The Morgan fingerprint density at radius 3 is 2.62 bits per heavy atom. The van der Waals surface area contributed by atoms with E-state index in [-0.39, 0.29) is 18.1 Å². The molecule has 0 aromatic carbocycles. The standard InChI is InChI=1S/C14H21N3O4/c1-21-12-7-6-11(17(19)20)13(16-12)15-10-14(18)8-4-2-3-5-9-14/h6-7,18H,2-5,8-10H2,1H3,(H,15,16). The van der Waals surface area contributed by atoms with Crippen LogP contribution in [0.1, 0.15) is 38.5 Å². The van der Waals surface area contributed by atoms with Crippen molar-refractivity contribution in [2.45, 2.75) is 44.1 Å². The second-order valence-corrected chi connectivity index (χ2v) is 5.47. The second-order valence-electron chi connectivity index (χ2n) is 5.47. The quantitative estimate of drug-likeness (QED) is 0.492. The van der Waals surface area contributed by atoms with E-state index < -0.39 is 10.5 Å². The number of rotatable bonds is 5. The van der Waals surface area contributed by atoms with Crippen molar-refractivity contribution in [2.75, 3.05) is 19.0 Å². The van der Waals surface area contributed by atoms with Crippen molar-refractivity contribution in [1.82, 2.24) is 4.98 Å². The molecule has 2 N–H and O–H groups in total. The van der Waals surface area contributed by atoms with E-state index in [9.17, 15) is 15.2 Å². The third-order valence-corrected chi connectivity index (χ3v) is 3.87. The number of hydrogen-bond acceptors (Lipinski definition) is 6. The zero-order valence-electron chi connectivity index (χ0n) is 12.2. The highest BCUT2D eigenvalue weighted by molar-refractivity contribution is 5.57. The SMILES string of the molecule is COc1ccc([N+](=O)[O-])c(NCC2(O)CCCCCC2)n1. The molecule has 0 radical (unpaired) electrons. The summed E-state index contributed by atoms with van der Waals surface area (Å²) in [6.07, 6.45) is 5.62. The lowest BCUT2D eigenvalue weighted by atomic mass is 9.94. The molecule has 0 amide bonds. The van der Waals surface area contributed by atoms with Crippen LogP contribution < -0.4 is 10.1 Å². The van der Waals surface area contributed by atoms with Crippen LogP contribution >= 0.6 is 0 Å². The number of nitrogens with one attached hydrogen (secondary N) is 1. The van der Waals surface area contributed by atoms with Gasteiger partial charge in [0.05, 0.1) is 17.6 Å². The lowest BCUT2D eigenvalue weighted by molar-refractivity contribution is -0.384. The lowest BCUT2D eigenvalue weighted by Gasteiger charge is -2.27. The lowest BCUT2D eigenvalue weighted by Crippen LogP contribution is -2.36. The van der Waals surface area contributed by atoms with Crippen LogP contribution in [-0.2, 0) is 0 Å². The molecule has 0 bridgehead atoms. The van der Waals surface area contributed by atoms with Crippen LogP contribution in [0.15, 0.2) is 12.1 Å². The van der Waals surface area contributed by atoms with Gasteiger partial charge in [-0.3, -0.25) is 10.1 Å². The maximum Gasteiger partial charge on any atom is 0.311 e. The molecule has 0 saturated heterocycles. The molecule has 1 aliphatic rings. The van der Waals surface area contributed by atoms with Crippen molar-refractivity contribution in [2.24, 2.45) is 0 Å². The summed E-state index contributed by atoms with van der Waals surface area (Å²) in [5.41, 5.74) is -0.942. The van der Waals surface area contributed by atoms with Gasteiger partial charge in [-0.25, -0.2) is 0 Å². The van der Waals surface area contributed by atoms with E-state index in [2.05, 4.69) is 10.3 Å². The average molecular weight is 295 g/mol. The summed E-state index contributed by atoms with van der Waals surface area (Å²) in [4.78, 5) is 14.6. The predicted octanol–water partition coefficient (Wildman–Crippen LogP) is 2.50. The number of aromatic nitrogens is 1. The van der Waals surface area contributed by atoms with Crippen LogP contribution in [0, 0.1) is 10.1 Å². The summed E-state index contributed by atoms with van der Waals surface area (Å²) in [5.74, 6) is 0.438. The fraction of sp³-hybridized carbons (Fsp3) is 0.643. The molecule has 1 saturated carbocycles. The largest absolute Gasteiger partial charge is 0.481 e. The van der Waals surface area contributed by atoms with Gasteiger partial charge in [0.1, 0.15) is 0 Å². The van der Waals surface area contributed by atoms with E-state index in [0.29, 0.717) is 18.7 Å². The molecule has 116 valence electrons. The number of nitro groups is 1. The molecule has 21 heavy (non-hydrogen) atoms. The third-order valence-electron chi connectivity index (χ3n) is 3.87. The first-order valence-electron chi connectivity index (χ1n) is 7.20. The number of hydrogen-bond donors (Lipinski definition) is 2. The molecule has 1 aromatic rings. The van der Waals surface area contributed by atoms with Crippen molar-refractivity contribution in [3.05, 3.63) is 22.2 Å². The molecule has 1 aromatic heterocycles. The summed E-state index contributed by atoms with van der Waals surface area (Å²) in [7, 11) is 1.46. The minimum absolute atomic E-state index is 0.118. The van der Waals surface area contributed by atoms with Crippen molar-refractivity contribution in [1.29, 1.82) is 0 Å². The van der Waals surface area contributed by atoms with Gasteiger partial charge in [-0.05, 0) is 12.8 Å². The van der Waals surface area contributed by atoms with Gasteiger partial charge in [-0.15, -0.1) is 0 Å². The Bertz CT molecular complexity index is 499. The van der Waals surface area contributed by atoms with Crippen LogP contribution in [0.4, 0.5) is 11.5 Å². The minimum atomic E-state index is -0.824. The number of methoxy groups -OCH3 is 1. The predicted molar refractivity (Wildman–Crippen MR) is 78.6 cm³/mol. The zero-order chi connectivity index (χ0) is 15.3. The van der Waals surface area contributed by atoms with Crippen LogP contribution in [0.3, 0.4) is 0 Å². The van der Waals surface area contributed by atoms with Crippen LogP contribution in [-0.4, -0.2) is 34.3 Å². The van der Waals surface area contributed by atoms with E-state index in [0.717, 1.165) is 25.7 Å². The molecule has 2 rings (SSSR count). The first-order chi connectivity index (χ1) is 10.0. The first kappa shape index (κ1) is 15.5. The Labute approximate surface area is 123 Å². The van der Waals surface area contributed by atoms with Gasteiger partial charge >= 0.3 is 5.69 Å². The molecule has 1 fully saturated rings. The molecule has 0 atom stereocenters. The van der Waals surface area contributed by atoms with Crippen LogP contribution in [0.5, 0.6) is 5.88 Å². The topological polar surface area (TPSA) is 97.5 Å². The summed E-state index contributed by atoms with van der Waals surface area (Å²) in [6, 6.07) is 2.80. The Kier molecular flexibility index (Phi) is 4.95. The van der Waals surface area contributed by atoms with E-state index >= 15 is 0 Å². The molecule has 0 unspecified atom stereocenters. The number of nitrogens with zero attached hydrogens (tertiary/aromatic N) is 2. The van der Waals surface area contributed by atoms with Crippen molar-refractivity contribution < 1.29 is 14.8 Å². The summed E-state index contributed by atoms with van der Waals surface area (Å²) >= 11 is 0. The molecule has 1 aliphatic carbocycles. The number of anilines is 1. The fourth-order valence-corrected chi connectivity index (χ4v) is 2.64. The van der Waals surface area contributed by atoms with Crippen LogP contribution in [0.2, 0.25) is 0 Å². The number of aliphatic hydroxyl groups is 1. The van der Waals surface area contributed by atoms with E-state index in [1.54, 1.807) is 0 Å². The minimum Gasteiger partial charge on any atom is -0.481 e. The normalized spacial score (nSPS) is 17.8. The van der Waals surface area contributed by atoms with Crippen LogP contribution in [0.25, 0.3) is 0 Å². The van der Waals surface area contributed by atoms with E-state index in [1.807, 2.05) is 0 Å². The highest BCUT2D eigenvalue weighted by Gasteiger charge is 2.29. The molecular formula is C14H21N3O4. The Morgan fingerprint density at radius 1 is 1.38 bits per heavy atom. The van der Waals surface area contributed by atoms with E-state index in [4.69, 9.17) is 4.74 Å². The average Bonchev–Trinajstić information content (AvgIpc) is 2.70.